The minimum Gasteiger partial charge on any atom is -0.0991 e. The Kier molecular flexibility index (Phi) is 16.4. The highest BCUT2D eigenvalue weighted by molar-refractivity contribution is 5.47. The Labute approximate surface area is 144 Å². The third-order valence-corrected chi connectivity index (χ3v) is 3.04. The normalized spacial score (nSPS) is 12.4. The highest BCUT2D eigenvalue weighted by Gasteiger charge is 2.16. The lowest BCUT2D eigenvalue weighted by Gasteiger charge is -2.20. The fraction of sp³-hybridized carbons (Fsp3) is 0.304. The van der Waals surface area contributed by atoms with E-state index in [1.54, 1.807) is 0 Å². The predicted molar refractivity (Wildman–Crippen MR) is 109 cm³/mol. The van der Waals surface area contributed by atoms with Gasteiger partial charge in [-0.1, -0.05) is 108 Å². The van der Waals surface area contributed by atoms with Gasteiger partial charge in [0.05, 0.1) is 0 Å². The molecule has 0 aromatic heterocycles. The molecule has 0 aliphatic carbocycles. The first kappa shape index (κ1) is 23.2. The number of hydrogen-bond donors (Lipinski definition) is 0. The van der Waals surface area contributed by atoms with Crippen LogP contribution in [0.3, 0.4) is 0 Å². The van der Waals surface area contributed by atoms with Gasteiger partial charge in [-0.05, 0) is 30.6 Å². The van der Waals surface area contributed by atoms with Crippen molar-refractivity contribution >= 4 is 0 Å². The van der Waals surface area contributed by atoms with Crippen molar-refractivity contribution in [3.63, 3.8) is 0 Å². The molecule has 0 spiro atoms. The molecule has 0 radical (unpaired) electrons. The highest BCUT2D eigenvalue weighted by atomic mass is 14.2. The summed E-state index contributed by atoms with van der Waals surface area (Å²) in [5.74, 6) is 0.206. The molecule has 1 aromatic carbocycles. The maximum Gasteiger partial charge on any atom is 0.0336 e. The third-order valence-electron chi connectivity index (χ3n) is 3.04. The van der Waals surface area contributed by atoms with Gasteiger partial charge in [-0.2, -0.15) is 0 Å². The molecule has 0 aliphatic rings. The first-order valence-corrected chi connectivity index (χ1v) is 8.57. The van der Waals surface area contributed by atoms with Gasteiger partial charge in [0.15, 0.2) is 0 Å². The van der Waals surface area contributed by atoms with E-state index < -0.39 is 0 Å². The van der Waals surface area contributed by atoms with Crippen LogP contribution in [0, 0.1) is 0 Å². The topological polar surface area (TPSA) is 0 Å². The van der Waals surface area contributed by atoms with E-state index in [1.165, 1.54) is 11.1 Å². The van der Waals surface area contributed by atoms with Crippen molar-refractivity contribution < 1.29 is 0 Å². The van der Waals surface area contributed by atoms with Crippen LogP contribution in [-0.2, 0) is 0 Å². The second-order valence-corrected chi connectivity index (χ2v) is 4.24. The van der Waals surface area contributed by atoms with E-state index in [4.69, 9.17) is 0 Å². The lowest BCUT2D eigenvalue weighted by molar-refractivity contribution is 0.973. The zero-order chi connectivity index (χ0) is 18.1. The minimum atomic E-state index is 0.206. The Balaban J connectivity index is 0. The number of rotatable bonds is 6. The molecule has 0 fully saturated rings. The first-order chi connectivity index (χ1) is 11.3. The van der Waals surface area contributed by atoms with E-state index in [1.807, 2.05) is 58.9 Å². The van der Waals surface area contributed by atoms with Crippen molar-refractivity contribution in [1.29, 1.82) is 0 Å². The zero-order valence-corrected chi connectivity index (χ0v) is 15.8. The van der Waals surface area contributed by atoms with E-state index in [-0.39, 0.29) is 5.92 Å². The Hall–Kier alpha value is -2.08. The van der Waals surface area contributed by atoms with Gasteiger partial charge in [0, 0.05) is 5.92 Å². The van der Waals surface area contributed by atoms with Gasteiger partial charge in [-0.15, -0.1) is 0 Å². The van der Waals surface area contributed by atoms with Crippen molar-refractivity contribution in [1.82, 2.24) is 0 Å². The lowest BCUT2D eigenvalue weighted by Crippen LogP contribution is -2.03. The summed E-state index contributed by atoms with van der Waals surface area (Å²) in [5.41, 5.74) is 3.69. The summed E-state index contributed by atoms with van der Waals surface area (Å²) < 4.78 is 0. The van der Waals surface area contributed by atoms with E-state index in [2.05, 4.69) is 62.6 Å². The third kappa shape index (κ3) is 8.21. The molecular weight excluding hydrogens is 276 g/mol. The quantitative estimate of drug-likeness (QED) is 0.473. The van der Waals surface area contributed by atoms with Crippen LogP contribution < -0.4 is 0 Å². The van der Waals surface area contributed by atoms with Crippen LogP contribution in [0.25, 0.3) is 0 Å². The standard InChI is InChI=1S/C19H22.2C2H6/c1-5-12-16(7-3)19(17(8-4)13-6-2)18-14-10-9-11-15-18;2*1-2/h5-15,19H,1,3H2,2,4H3;2*1-2H3/b13-6-,16-12+,17-8+;;. The van der Waals surface area contributed by atoms with E-state index in [0.29, 0.717) is 0 Å². The smallest absolute Gasteiger partial charge is 0.0336 e. The molecule has 0 bridgehead atoms. The van der Waals surface area contributed by atoms with Gasteiger partial charge in [-0.3, -0.25) is 0 Å². The van der Waals surface area contributed by atoms with Gasteiger partial charge in [0.2, 0.25) is 0 Å². The molecule has 0 saturated carbocycles. The number of allylic oxidation sites excluding steroid dienone is 8. The van der Waals surface area contributed by atoms with E-state index in [0.717, 1.165) is 5.57 Å². The fourth-order valence-corrected chi connectivity index (χ4v) is 2.19. The number of benzene rings is 1. The van der Waals surface area contributed by atoms with Crippen molar-refractivity contribution in [2.75, 3.05) is 0 Å². The molecule has 1 unspecified atom stereocenters. The van der Waals surface area contributed by atoms with Crippen LogP contribution in [-0.4, -0.2) is 0 Å². The van der Waals surface area contributed by atoms with Gasteiger partial charge < -0.3 is 0 Å². The molecule has 1 atom stereocenters. The van der Waals surface area contributed by atoms with E-state index in [9.17, 15) is 0 Å². The Bertz CT molecular complexity index is 498. The average molecular weight is 311 g/mol. The Morgan fingerprint density at radius 3 is 1.87 bits per heavy atom. The summed E-state index contributed by atoms with van der Waals surface area (Å²) in [5, 5.41) is 0. The van der Waals surface area contributed by atoms with Crippen LogP contribution in [0.1, 0.15) is 53.0 Å². The first-order valence-electron chi connectivity index (χ1n) is 8.57. The highest BCUT2D eigenvalue weighted by Crippen LogP contribution is 2.33. The average Bonchev–Trinajstić information content (AvgIpc) is 2.64. The molecule has 0 saturated heterocycles. The van der Waals surface area contributed by atoms with Crippen molar-refractivity contribution in [3.8, 4) is 0 Å². The monoisotopic (exact) mass is 310 g/mol. The zero-order valence-electron chi connectivity index (χ0n) is 15.8. The second-order valence-electron chi connectivity index (χ2n) is 4.24. The second kappa shape index (κ2) is 16.3. The maximum atomic E-state index is 3.94. The van der Waals surface area contributed by atoms with Crippen molar-refractivity contribution in [2.45, 2.75) is 47.5 Å². The number of hydrogen-bond acceptors (Lipinski definition) is 0. The van der Waals surface area contributed by atoms with Crippen LogP contribution in [0.15, 0.2) is 91.1 Å². The molecule has 0 heterocycles. The minimum absolute atomic E-state index is 0.206. The van der Waals surface area contributed by atoms with Gasteiger partial charge in [0.1, 0.15) is 0 Å². The van der Waals surface area contributed by atoms with Crippen LogP contribution >= 0.6 is 0 Å². The molecule has 0 amide bonds. The molecule has 0 N–H and O–H groups in total. The summed E-state index contributed by atoms with van der Waals surface area (Å²) >= 11 is 0. The van der Waals surface area contributed by atoms with Gasteiger partial charge in [0.25, 0.3) is 0 Å². The predicted octanol–water partition coefficient (Wildman–Crippen LogP) is 7.64. The fourth-order valence-electron chi connectivity index (χ4n) is 2.19. The van der Waals surface area contributed by atoms with E-state index >= 15 is 0 Å². The Morgan fingerprint density at radius 1 is 0.913 bits per heavy atom. The van der Waals surface area contributed by atoms with Crippen LogP contribution in [0.2, 0.25) is 0 Å². The molecular formula is C23H34. The molecule has 0 aliphatic heterocycles. The lowest BCUT2D eigenvalue weighted by atomic mass is 9.84. The maximum absolute atomic E-state index is 3.94. The van der Waals surface area contributed by atoms with Crippen LogP contribution in [0.5, 0.6) is 0 Å². The summed E-state index contributed by atoms with van der Waals surface area (Å²) in [6, 6.07) is 10.5. The summed E-state index contributed by atoms with van der Waals surface area (Å²) in [6.07, 6.45) is 12.1. The SMILES string of the molecule is C=C/C=C(\C=C)C(C(/C=C\C)=C/C)c1ccccc1.CC.CC. The molecule has 1 rings (SSSR count). The summed E-state index contributed by atoms with van der Waals surface area (Å²) in [6.45, 7) is 19.8. The van der Waals surface area contributed by atoms with Gasteiger partial charge in [-0.25, -0.2) is 0 Å². The van der Waals surface area contributed by atoms with Crippen molar-refractivity contribution in [3.05, 3.63) is 96.7 Å². The molecule has 0 heteroatoms. The molecule has 126 valence electrons. The van der Waals surface area contributed by atoms with Crippen LogP contribution in [0.4, 0.5) is 0 Å². The van der Waals surface area contributed by atoms with Crippen molar-refractivity contribution in [2.24, 2.45) is 0 Å². The summed E-state index contributed by atoms with van der Waals surface area (Å²) in [4.78, 5) is 0. The van der Waals surface area contributed by atoms with Gasteiger partial charge >= 0.3 is 0 Å². The molecule has 23 heavy (non-hydrogen) atoms. The molecule has 1 aromatic rings. The molecule has 0 nitrogen and oxygen atoms in total. The summed E-state index contributed by atoms with van der Waals surface area (Å²) in [7, 11) is 0. The Morgan fingerprint density at radius 2 is 1.48 bits per heavy atom. The largest absolute Gasteiger partial charge is 0.0991 e.